The number of carbonyl (C=O) groups is 1. The molecule has 0 fully saturated rings. The van der Waals surface area contributed by atoms with Crippen LogP contribution in [-0.2, 0) is 18.4 Å². The maximum absolute atomic E-state index is 12.2. The van der Waals surface area contributed by atoms with Crippen molar-refractivity contribution >= 4 is 13.5 Å². The van der Waals surface area contributed by atoms with Crippen molar-refractivity contribution < 1.29 is 18.4 Å². The standard InChI is InChI=1S/C11H25N2O4P/c1-5-16-18(15,17-6-2)8-13-10(11(12)14)7-9(3)4/h9-10,13H,5-8H2,1-4H3,(H2,12,14)/t10-/m0/s1. The van der Waals surface area contributed by atoms with Crippen molar-refractivity contribution in [3.8, 4) is 0 Å². The molecule has 0 aliphatic heterocycles. The van der Waals surface area contributed by atoms with E-state index >= 15 is 0 Å². The lowest BCUT2D eigenvalue weighted by molar-refractivity contribution is -0.120. The maximum Gasteiger partial charge on any atom is 0.344 e. The highest BCUT2D eigenvalue weighted by molar-refractivity contribution is 7.53. The number of primary amides is 1. The Morgan fingerprint density at radius 1 is 1.28 bits per heavy atom. The van der Waals surface area contributed by atoms with E-state index in [1.165, 1.54) is 0 Å². The smallest absolute Gasteiger partial charge is 0.344 e. The van der Waals surface area contributed by atoms with Crippen molar-refractivity contribution in [3.05, 3.63) is 0 Å². The van der Waals surface area contributed by atoms with Crippen LogP contribution in [0.1, 0.15) is 34.1 Å². The zero-order chi connectivity index (χ0) is 14.2. The maximum atomic E-state index is 12.2. The molecular formula is C11H25N2O4P. The summed E-state index contributed by atoms with van der Waals surface area (Å²) in [7, 11) is -3.18. The minimum absolute atomic E-state index is 0.00495. The second kappa shape index (κ2) is 8.64. The second-order valence-corrected chi connectivity index (χ2v) is 6.45. The van der Waals surface area contributed by atoms with Crippen LogP contribution in [0.3, 0.4) is 0 Å². The predicted molar refractivity (Wildman–Crippen MR) is 71.3 cm³/mol. The third kappa shape index (κ3) is 7.11. The van der Waals surface area contributed by atoms with E-state index in [9.17, 15) is 9.36 Å². The van der Waals surface area contributed by atoms with E-state index in [4.69, 9.17) is 14.8 Å². The van der Waals surface area contributed by atoms with Crippen LogP contribution in [0.2, 0.25) is 0 Å². The van der Waals surface area contributed by atoms with E-state index in [0.717, 1.165) is 0 Å². The van der Waals surface area contributed by atoms with Crippen LogP contribution in [0.4, 0.5) is 0 Å². The molecule has 0 saturated carbocycles. The van der Waals surface area contributed by atoms with Gasteiger partial charge in [0.2, 0.25) is 5.91 Å². The Labute approximate surface area is 109 Å². The molecule has 0 saturated heterocycles. The Kier molecular flexibility index (Phi) is 8.44. The fourth-order valence-corrected chi connectivity index (χ4v) is 3.00. The van der Waals surface area contributed by atoms with Crippen LogP contribution in [0.5, 0.6) is 0 Å². The summed E-state index contributed by atoms with van der Waals surface area (Å²) >= 11 is 0. The van der Waals surface area contributed by atoms with Crippen LogP contribution in [0.15, 0.2) is 0 Å². The molecular weight excluding hydrogens is 255 g/mol. The summed E-state index contributed by atoms with van der Waals surface area (Å²) in [4.78, 5) is 11.3. The molecule has 0 heterocycles. The Morgan fingerprint density at radius 3 is 2.11 bits per heavy atom. The predicted octanol–water partition coefficient (Wildman–Crippen LogP) is 1.70. The highest BCUT2D eigenvalue weighted by atomic mass is 31.2. The van der Waals surface area contributed by atoms with Gasteiger partial charge in [-0.15, -0.1) is 0 Å². The largest absolute Gasteiger partial charge is 0.368 e. The first kappa shape index (κ1) is 17.6. The molecule has 0 aliphatic rings. The summed E-state index contributed by atoms with van der Waals surface area (Å²) in [5.41, 5.74) is 5.29. The van der Waals surface area contributed by atoms with E-state index in [2.05, 4.69) is 5.32 Å². The van der Waals surface area contributed by atoms with E-state index in [1.807, 2.05) is 13.8 Å². The number of amides is 1. The first-order valence-electron chi connectivity index (χ1n) is 6.25. The first-order chi connectivity index (χ1) is 8.34. The van der Waals surface area contributed by atoms with Gasteiger partial charge in [-0.25, -0.2) is 0 Å². The van der Waals surface area contributed by atoms with Gasteiger partial charge in [0.15, 0.2) is 0 Å². The van der Waals surface area contributed by atoms with Gasteiger partial charge in [-0.1, -0.05) is 13.8 Å². The van der Waals surface area contributed by atoms with Crippen LogP contribution >= 0.6 is 7.60 Å². The van der Waals surface area contributed by atoms with E-state index in [-0.39, 0.29) is 6.29 Å². The molecule has 0 aromatic rings. The summed E-state index contributed by atoms with van der Waals surface area (Å²) in [5, 5.41) is 2.87. The van der Waals surface area contributed by atoms with Gasteiger partial charge in [-0.05, 0) is 26.2 Å². The number of hydrogen-bond acceptors (Lipinski definition) is 5. The van der Waals surface area contributed by atoms with Gasteiger partial charge in [-0.2, -0.15) is 0 Å². The minimum atomic E-state index is -3.18. The normalized spacial score (nSPS) is 13.8. The molecule has 108 valence electrons. The zero-order valence-electron chi connectivity index (χ0n) is 11.6. The molecule has 0 aromatic carbocycles. The quantitative estimate of drug-likeness (QED) is 0.594. The molecule has 0 unspecified atom stereocenters. The summed E-state index contributed by atoms with van der Waals surface area (Å²) in [5.74, 6) is -0.142. The molecule has 0 aromatic heterocycles. The number of nitrogens with one attached hydrogen (secondary N) is 1. The van der Waals surface area contributed by atoms with Gasteiger partial charge in [-0.3, -0.25) is 14.7 Å². The van der Waals surface area contributed by atoms with Gasteiger partial charge in [0.25, 0.3) is 0 Å². The number of rotatable bonds is 10. The van der Waals surface area contributed by atoms with Gasteiger partial charge < -0.3 is 14.8 Å². The number of carbonyl (C=O) groups excluding carboxylic acids is 1. The third-order valence-electron chi connectivity index (χ3n) is 2.23. The summed E-state index contributed by atoms with van der Waals surface area (Å²) in [6, 6.07) is -0.515. The van der Waals surface area contributed by atoms with E-state index in [1.54, 1.807) is 13.8 Å². The molecule has 0 spiro atoms. The second-order valence-electron chi connectivity index (χ2n) is 4.39. The van der Waals surface area contributed by atoms with Crippen LogP contribution in [-0.4, -0.2) is 31.4 Å². The Bertz CT molecular complexity index is 287. The van der Waals surface area contributed by atoms with Crippen molar-refractivity contribution in [1.29, 1.82) is 0 Å². The molecule has 0 aliphatic carbocycles. The number of hydrogen-bond donors (Lipinski definition) is 2. The molecule has 1 atom stereocenters. The monoisotopic (exact) mass is 280 g/mol. The van der Waals surface area contributed by atoms with Gasteiger partial charge in [0.05, 0.1) is 25.5 Å². The topological polar surface area (TPSA) is 90.6 Å². The molecule has 3 N–H and O–H groups in total. The van der Waals surface area contributed by atoms with Crippen molar-refractivity contribution in [2.75, 3.05) is 19.5 Å². The highest BCUT2D eigenvalue weighted by Gasteiger charge is 2.26. The molecule has 0 radical (unpaired) electrons. The SMILES string of the molecule is CCOP(=O)(CN[C@@H](CC(C)C)C(N)=O)OCC. The Morgan fingerprint density at radius 2 is 1.78 bits per heavy atom. The van der Waals surface area contributed by atoms with Crippen LogP contribution < -0.4 is 11.1 Å². The van der Waals surface area contributed by atoms with Crippen LogP contribution in [0.25, 0.3) is 0 Å². The van der Waals surface area contributed by atoms with Crippen molar-refractivity contribution in [2.45, 2.75) is 40.2 Å². The molecule has 18 heavy (non-hydrogen) atoms. The van der Waals surface area contributed by atoms with Crippen molar-refractivity contribution in [2.24, 2.45) is 11.7 Å². The summed E-state index contributed by atoms with van der Waals surface area (Å²) in [6.45, 7) is 8.05. The third-order valence-corrected chi connectivity index (χ3v) is 4.11. The minimum Gasteiger partial charge on any atom is -0.368 e. The lowest BCUT2D eigenvalue weighted by Crippen LogP contribution is -2.42. The Hall–Kier alpha value is -0.420. The van der Waals surface area contributed by atoms with Crippen molar-refractivity contribution in [3.63, 3.8) is 0 Å². The highest BCUT2D eigenvalue weighted by Crippen LogP contribution is 2.46. The van der Waals surface area contributed by atoms with Gasteiger partial charge in [0, 0.05) is 0 Å². The molecule has 0 bridgehead atoms. The average Bonchev–Trinajstić information content (AvgIpc) is 2.24. The lowest BCUT2D eigenvalue weighted by atomic mass is 10.0. The number of nitrogens with two attached hydrogens (primary N) is 1. The van der Waals surface area contributed by atoms with Gasteiger partial charge in [0.1, 0.15) is 0 Å². The Balaban J connectivity index is 4.46. The summed E-state index contributed by atoms with van der Waals surface area (Å²) in [6.07, 6.45) is 0.586. The average molecular weight is 280 g/mol. The summed E-state index contributed by atoms with van der Waals surface area (Å²) < 4.78 is 22.4. The van der Waals surface area contributed by atoms with E-state index < -0.39 is 19.5 Å². The fraction of sp³-hybridized carbons (Fsp3) is 0.909. The molecule has 1 amide bonds. The first-order valence-corrected chi connectivity index (χ1v) is 7.98. The van der Waals surface area contributed by atoms with Crippen molar-refractivity contribution in [1.82, 2.24) is 5.32 Å². The fourth-order valence-electron chi connectivity index (χ4n) is 1.52. The van der Waals surface area contributed by atoms with Gasteiger partial charge >= 0.3 is 7.60 Å². The lowest BCUT2D eigenvalue weighted by Gasteiger charge is -2.22. The molecule has 0 rings (SSSR count). The van der Waals surface area contributed by atoms with E-state index in [0.29, 0.717) is 25.6 Å². The zero-order valence-corrected chi connectivity index (χ0v) is 12.5. The molecule has 7 heteroatoms. The molecule has 6 nitrogen and oxygen atoms in total. The van der Waals surface area contributed by atoms with Crippen LogP contribution in [0, 0.1) is 5.92 Å².